The van der Waals surface area contributed by atoms with Crippen LogP contribution in [0.2, 0.25) is 0 Å². The standard InChI is InChI=1S/C11H24N2O/c1-6-7-8-13(5)10(14)9(12)11(2,3)4/h9H,6-8,12H2,1-5H3/t9-/m1/s1. The maximum atomic E-state index is 11.8. The van der Waals surface area contributed by atoms with Crippen molar-refractivity contribution >= 4 is 5.91 Å². The molecule has 0 aliphatic heterocycles. The van der Waals surface area contributed by atoms with Gasteiger partial charge in [-0.25, -0.2) is 0 Å². The highest BCUT2D eigenvalue weighted by atomic mass is 16.2. The Hall–Kier alpha value is -0.570. The molecule has 0 fully saturated rings. The number of likely N-dealkylation sites (N-methyl/N-ethyl adjacent to an activating group) is 1. The van der Waals surface area contributed by atoms with Crippen LogP contribution in [0, 0.1) is 5.41 Å². The van der Waals surface area contributed by atoms with Gasteiger partial charge in [0, 0.05) is 13.6 Å². The second-order valence-electron chi connectivity index (χ2n) is 4.96. The smallest absolute Gasteiger partial charge is 0.239 e. The van der Waals surface area contributed by atoms with Crippen LogP contribution in [0.15, 0.2) is 0 Å². The van der Waals surface area contributed by atoms with E-state index in [-0.39, 0.29) is 11.3 Å². The molecule has 0 aromatic carbocycles. The highest BCUT2D eigenvalue weighted by Gasteiger charge is 2.29. The lowest BCUT2D eigenvalue weighted by Crippen LogP contribution is -2.49. The molecule has 3 heteroatoms. The zero-order valence-electron chi connectivity index (χ0n) is 10.1. The fraction of sp³-hybridized carbons (Fsp3) is 0.909. The van der Waals surface area contributed by atoms with Gasteiger partial charge in [0.2, 0.25) is 5.91 Å². The molecule has 3 nitrogen and oxygen atoms in total. The van der Waals surface area contributed by atoms with E-state index in [2.05, 4.69) is 6.92 Å². The van der Waals surface area contributed by atoms with Gasteiger partial charge in [-0.2, -0.15) is 0 Å². The first-order valence-corrected chi connectivity index (χ1v) is 5.31. The average Bonchev–Trinajstić information content (AvgIpc) is 2.10. The lowest BCUT2D eigenvalue weighted by molar-refractivity contribution is -0.133. The largest absolute Gasteiger partial charge is 0.344 e. The van der Waals surface area contributed by atoms with Crippen LogP contribution < -0.4 is 5.73 Å². The van der Waals surface area contributed by atoms with Crippen molar-refractivity contribution in [3.8, 4) is 0 Å². The van der Waals surface area contributed by atoms with E-state index in [9.17, 15) is 4.79 Å². The number of nitrogens with zero attached hydrogens (tertiary/aromatic N) is 1. The number of nitrogens with two attached hydrogens (primary N) is 1. The Bertz CT molecular complexity index is 184. The van der Waals surface area contributed by atoms with E-state index in [1.54, 1.807) is 4.90 Å². The molecule has 84 valence electrons. The summed E-state index contributed by atoms with van der Waals surface area (Å²) in [5.74, 6) is 0.0472. The van der Waals surface area contributed by atoms with Crippen molar-refractivity contribution in [3.05, 3.63) is 0 Å². The maximum absolute atomic E-state index is 11.8. The first-order chi connectivity index (χ1) is 6.30. The second kappa shape index (κ2) is 5.35. The molecule has 2 N–H and O–H groups in total. The van der Waals surface area contributed by atoms with Crippen LogP contribution >= 0.6 is 0 Å². The van der Waals surface area contributed by atoms with E-state index in [0.717, 1.165) is 19.4 Å². The topological polar surface area (TPSA) is 46.3 Å². The minimum absolute atomic E-state index is 0.0472. The molecule has 0 aromatic heterocycles. The summed E-state index contributed by atoms with van der Waals surface area (Å²) in [4.78, 5) is 13.5. The Morgan fingerprint density at radius 3 is 2.29 bits per heavy atom. The summed E-state index contributed by atoms with van der Waals surface area (Å²) >= 11 is 0. The van der Waals surface area contributed by atoms with Gasteiger partial charge < -0.3 is 10.6 Å². The van der Waals surface area contributed by atoms with Crippen molar-refractivity contribution in [3.63, 3.8) is 0 Å². The Morgan fingerprint density at radius 2 is 1.93 bits per heavy atom. The van der Waals surface area contributed by atoms with Gasteiger partial charge in [0.15, 0.2) is 0 Å². The van der Waals surface area contributed by atoms with Gasteiger partial charge in [-0.15, -0.1) is 0 Å². The quantitative estimate of drug-likeness (QED) is 0.749. The van der Waals surface area contributed by atoms with Crippen LogP contribution in [-0.2, 0) is 4.79 Å². The van der Waals surface area contributed by atoms with Crippen LogP contribution in [0.1, 0.15) is 40.5 Å². The van der Waals surface area contributed by atoms with Crippen LogP contribution in [0.5, 0.6) is 0 Å². The zero-order chi connectivity index (χ0) is 11.4. The zero-order valence-corrected chi connectivity index (χ0v) is 10.1. The van der Waals surface area contributed by atoms with E-state index in [1.807, 2.05) is 27.8 Å². The molecule has 0 bridgehead atoms. The molecule has 0 rings (SSSR count). The molecule has 1 amide bonds. The molecule has 0 aliphatic carbocycles. The predicted octanol–water partition coefficient (Wildman–Crippen LogP) is 1.62. The highest BCUT2D eigenvalue weighted by Crippen LogP contribution is 2.18. The third-order valence-corrected chi connectivity index (χ3v) is 2.42. The summed E-state index contributed by atoms with van der Waals surface area (Å²) in [5.41, 5.74) is 5.72. The number of rotatable bonds is 4. The molecular weight excluding hydrogens is 176 g/mol. The lowest BCUT2D eigenvalue weighted by atomic mass is 9.86. The summed E-state index contributed by atoms with van der Waals surface area (Å²) < 4.78 is 0. The van der Waals surface area contributed by atoms with Gasteiger partial charge >= 0.3 is 0 Å². The van der Waals surface area contributed by atoms with E-state index in [4.69, 9.17) is 5.73 Å². The number of hydrogen-bond donors (Lipinski definition) is 1. The molecule has 0 spiro atoms. The van der Waals surface area contributed by atoms with Gasteiger partial charge in [-0.05, 0) is 11.8 Å². The average molecular weight is 200 g/mol. The summed E-state index contributed by atoms with van der Waals surface area (Å²) in [6, 6.07) is -0.399. The number of unbranched alkanes of at least 4 members (excludes halogenated alkanes) is 1. The van der Waals surface area contributed by atoms with E-state index < -0.39 is 6.04 Å². The van der Waals surface area contributed by atoms with Crippen molar-refractivity contribution < 1.29 is 4.79 Å². The molecule has 0 radical (unpaired) electrons. The molecule has 14 heavy (non-hydrogen) atoms. The Labute approximate surface area is 87.6 Å². The maximum Gasteiger partial charge on any atom is 0.239 e. The van der Waals surface area contributed by atoms with Crippen molar-refractivity contribution in [2.24, 2.45) is 11.1 Å². The third-order valence-electron chi connectivity index (χ3n) is 2.42. The Balaban J connectivity index is 4.18. The predicted molar refractivity (Wildman–Crippen MR) is 60.0 cm³/mol. The summed E-state index contributed by atoms with van der Waals surface area (Å²) in [6.07, 6.45) is 2.14. The van der Waals surface area contributed by atoms with Gasteiger partial charge in [-0.1, -0.05) is 34.1 Å². The van der Waals surface area contributed by atoms with Crippen molar-refractivity contribution in [2.75, 3.05) is 13.6 Å². The van der Waals surface area contributed by atoms with E-state index in [1.165, 1.54) is 0 Å². The first kappa shape index (κ1) is 13.4. The lowest BCUT2D eigenvalue weighted by Gasteiger charge is -2.29. The van der Waals surface area contributed by atoms with Crippen LogP contribution in [0.3, 0.4) is 0 Å². The van der Waals surface area contributed by atoms with Gasteiger partial charge in [0.1, 0.15) is 0 Å². The Morgan fingerprint density at radius 1 is 1.43 bits per heavy atom. The second-order valence-corrected chi connectivity index (χ2v) is 4.96. The molecule has 0 unspecified atom stereocenters. The van der Waals surface area contributed by atoms with Crippen molar-refractivity contribution in [2.45, 2.75) is 46.6 Å². The normalized spacial score (nSPS) is 13.9. The fourth-order valence-electron chi connectivity index (χ4n) is 1.11. The Kier molecular flexibility index (Phi) is 5.13. The summed E-state index contributed by atoms with van der Waals surface area (Å²) in [7, 11) is 1.82. The van der Waals surface area contributed by atoms with Crippen LogP contribution in [0.4, 0.5) is 0 Å². The highest BCUT2D eigenvalue weighted by molar-refractivity contribution is 5.82. The summed E-state index contributed by atoms with van der Waals surface area (Å²) in [6.45, 7) is 8.89. The summed E-state index contributed by atoms with van der Waals surface area (Å²) in [5, 5.41) is 0. The first-order valence-electron chi connectivity index (χ1n) is 5.31. The minimum atomic E-state index is -0.399. The number of carbonyl (C=O) groups excluding carboxylic acids is 1. The SMILES string of the molecule is CCCCN(C)C(=O)[C@@H](N)C(C)(C)C. The van der Waals surface area contributed by atoms with Crippen molar-refractivity contribution in [1.29, 1.82) is 0 Å². The van der Waals surface area contributed by atoms with Crippen LogP contribution in [0.25, 0.3) is 0 Å². The number of amides is 1. The third kappa shape index (κ3) is 4.09. The minimum Gasteiger partial charge on any atom is -0.344 e. The fourth-order valence-corrected chi connectivity index (χ4v) is 1.11. The molecule has 0 saturated carbocycles. The monoisotopic (exact) mass is 200 g/mol. The van der Waals surface area contributed by atoms with Gasteiger partial charge in [-0.3, -0.25) is 4.79 Å². The molecule has 0 heterocycles. The molecule has 0 saturated heterocycles. The number of carbonyl (C=O) groups is 1. The molecule has 1 atom stereocenters. The number of hydrogen-bond acceptors (Lipinski definition) is 2. The molecular formula is C11H24N2O. The van der Waals surface area contributed by atoms with Gasteiger partial charge in [0.25, 0.3) is 0 Å². The van der Waals surface area contributed by atoms with Crippen LogP contribution in [-0.4, -0.2) is 30.4 Å². The van der Waals surface area contributed by atoms with E-state index in [0.29, 0.717) is 0 Å². The van der Waals surface area contributed by atoms with Gasteiger partial charge in [0.05, 0.1) is 6.04 Å². The van der Waals surface area contributed by atoms with E-state index >= 15 is 0 Å². The molecule has 0 aromatic rings. The van der Waals surface area contributed by atoms with Crippen molar-refractivity contribution in [1.82, 2.24) is 4.90 Å². The molecule has 0 aliphatic rings.